The Kier molecular flexibility index (Phi) is 2.71. The van der Waals surface area contributed by atoms with Crippen LogP contribution in [-0.2, 0) is 4.79 Å². The number of halogens is 1. The summed E-state index contributed by atoms with van der Waals surface area (Å²) < 4.78 is 0. The minimum absolute atomic E-state index is 0.267. The molecule has 1 aromatic heterocycles. The van der Waals surface area contributed by atoms with Gasteiger partial charge in [0.15, 0.2) is 11.0 Å². The van der Waals surface area contributed by atoms with Gasteiger partial charge in [-0.1, -0.05) is 11.6 Å². The van der Waals surface area contributed by atoms with E-state index in [9.17, 15) is 4.79 Å². The first-order valence-electron chi connectivity index (χ1n) is 5.05. The van der Waals surface area contributed by atoms with Crippen molar-refractivity contribution in [3.8, 4) is 0 Å². The zero-order valence-corrected chi connectivity index (χ0v) is 9.74. The van der Waals surface area contributed by atoms with Crippen molar-refractivity contribution in [1.29, 1.82) is 0 Å². The Morgan fingerprint density at radius 1 is 1.56 bits per heavy atom. The molecule has 1 aliphatic heterocycles. The molecule has 1 fully saturated rings. The standard InChI is InChI=1S/C10H13ClN4O/c1-10(9(12)16)4-5-15(6-10)8-3-2-7(11)13-14-8/h2-3H,4-6H2,1H3,(H2,12,16). The predicted molar refractivity (Wildman–Crippen MR) is 61.2 cm³/mol. The minimum atomic E-state index is -0.471. The van der Waals surface area contributed by atoms with Crippen LogP contribution in [0.3, 0.4) is 0 Å². The summed E-state index contributed by atoms with van der Waals surface area (Å²) in [5.41, 5.74) is 4.90. The highest BCUT2D eigenvalue weighted by molar-refractivity contribution is 6.29. The molecule has 1 amide bonds. The van der Waals surface area contributed by atoms with Crippen molar-refractivity contribution in [1.82, 2.24) is 10.2 Å². The smallest absolute Gasteiger partial charge is 0.225 e. The van der Waals surface area contributed by atoms with Crippen molar-refractivity contribution in [3.63, 3.8) is 0 Å². The number of anilines is 1. The van der Waals surface area contributed by atoms with Crippen LogP contribution in [0.2, 0.25) is 5.15 Å². The van der Waals surface area contributed by atoms with Crippen molar-refractivity contribution >= 4 is 23.3 Å². The molecule has 1 unspecified atom stereocenters. The fourth-order valence-electron chi connectivity index (χ4n) is 1.84. The van der Waals surface area contributed by atoms with Gasteiger partial charge in [0.05, 0.1) is 5.41 Å². The lowest BCUT2D eigenvalue weighted by Gasteiger charge is -2.21. The van der Waals surface area contributed by atoms with Gasteiger partial charge in [-0.15, -0.1) is 10.2 Å². The molecule has 1 aromatic rings. The molecule has 16 heavy (non-hydrogen) atoms. The summed E-state index contributed by atoms with van der Waals surface area (Å²) in [6.07, 6.45) is 0.743. The van der Waals surface area contributed by atoms with E-state index in [1.807, 2.05) is 11.8 Å². The summed E-state index contributed by atoms with van der Waals surface area (Å²) in [6, 6.07) is 3.48. The van der Waals surface area contributed by atoms with Gasteiger partial charge in [-0.25, -0.2) is 0 Å². The minimum Gasteiger partial charge on any atom is -0.369 e. The molecule has 0 aromatic carbocycles. The average molecular weight is 241 g/mol. The Morgan fingerprint density at radius 2 is 2.31 bits per heavy atom. The number of amides is 1. The first-order chi connectivity index (χ1) is 7.51. The number of rotatable bonds is 2. The van der Waals surface area contributed by atoms with E-state index >= 15 is 0 Å². The van der Waals surface area contributed by atoms with Crippen molar-refractivity contribution in [3.05, 3.63) is 17.3 Å². The predicted octanol–water partition coefficient (Wildman–Crippen LogP) is 0.832. The van der Waals surface area contributed by atoms with E-state index in [0.29, 0.717) is 11.7 Å². The van der Waals surface area contributed by atoms with Crippen molar-refractivity contribution in [2.75, 3.05) is 18.0 Å². The zero-order chi connectivity index (χ0) is 11.8. The maximum atomic E-state index is 11.3. The van der Waals surface area contributed by atoms with Crippen LogP contribution in [0.5, 0.6) is 0 Å². The van der Waals surface area contributed by atoms with Crippen LogP contribution in [0.1, 0.15) is 13.3 Å². The van der Waals surface area contributed by atoms with Crippen molar-refractivity contribution < 1.29 is 4.79 Å². The summed E-state index contributed by atoms with van der Waals surface area (Å²) in [6.45, 7) is 3.22. The molecule has 0 radical (unpaired) electrons. The van der Waals surface area contributed by atoms with E-state index in [4.69, 9.17) is 17.3 Å². The number of hydrogen-bond acceptors (Lipinski definition) is 4. The van der Waals surface area contributed by atoms with Gasteiger partial charge in [0.1, 0.15) is 0 Å². The topological polar surface area (TPSA) is 72.1 Å². The summed E-state index contributed by atoms with van der Waals surface area (Å²) in [4.78, 5) is 13.3. The lowest BCUT2D eigenvalue weighted by Crippen LogP contribution is -2.37. The number of nitrogens with two attached hydrogens (primary N) is 1. The van der Waals surface area contributed by atoms with Gasteiger partial charge in [-0.05, 0) is 25.5 Å². The molecule has 0 saturated carbocycles. The number of hydrogen-bond donors (Lipinski definition) is 1. The van der Waals surface area contributed by atoms with Gasteiger partial charge in [-0.2, -0.15) is 0 Å². The molecule has 1 atom stereocenters. The molecule has 5 nitrogen and oxygen atoms in total. The van der Waals surface area contributed by atoms with Crippen LogP contribution in [-0.4, -0.2) is 29.2 Å². The fourth-order valence-corrected chi connectivity index (χ4v) is 1.94. The molecular formula is C10H13ClN4O. The molecule has 86 valence electrons. The van der Waals surface area contributed by atoms with Crippen LogP contribution in [0.15, 0.2) is 12.1 Å². The van der Waals surface area contributed by atoms with E-state index in [1.165, 1.54) is 0 Å². The molecular weight excluding hydrogens is 228 g/mol. The average Bonchev–Trinajstić information content (AvgIpc) is 2.63. The third-order valence-electron chi connectivity index (χ3n) is 3.01. The molecule has 0 spiro atoms. The van der Waals surface area contributed by atoms with E-state index in [0.717, 1.165) is 18.8 Å². The summed E-state index contributed by atoms with van der Waals surface area (Å²) in [5.74, 6) is 0.464. The Morgan fingerprint density at radius 3 is 2.81 bits per heavy atom. The van der Waals surface area contributed by atoms with Crippen LogP contribution < -0.4 is 10.6 Å². The quantitative estimate of drug-likeness (QED) is 0.831. The number of aromatic nitrogens is 2. The Bertz CT molecular complexity index is 408. The van der Waals surface area contributed by atoms with E-state index in [-0.39, 0.29) is 5.91 Å². The van der Waals surface area contributed by atoms with E-state index in [1.54, 1.807) is 12.1 Å². The lowest BCUT2D eigenvalue weighted by molar-refractivity contribution is -0.125. The van der Waals surface area contributed by atoms with Crippen LogP contribution in [0.25, 0.3) is 0 Å². The van der Waals surface area contributed by atoms with Gasteiger partial charge in [0, 0.05) is 13.1 Å². The van der Waals surface area contributed by atoms with E-state index < -0.39 is 5.41 Å². The summed E-state index contributed by atoms with van der Waals surface area (Å²) in [5, 5.41) is 8.11. The van der Waals surface area contributed by atoms with Gasteiger partial charge in [-0.3, -0.25) is 4.79 Å². The maximum Gasteiger partial charge on any atom is 0.225 e. The number of carbonyl (C=O) groups excluding carboxylic acids is 1. The van der Waals surface area contributed by atoms with Crippen LogP contribution >= 0.6 is 11.6 Å². The number of carbonyl (C=O) groups is 1. The molecule has 1 saturated heterocycles. The van der Waals surface area contributed by atoms with Gasteiger partial charge < -0.3 is 10.6 Å². The highest BCUT2D eigenvalue weighted by Gasteiger charge is 2.39. The first-order valence-corrected chi connectivity index (χ1v) is 5.43. The number of primary amides is 1. The summed E-state index contributed by atoms with van der Waals surface area (Å²) in [7, 11) is 0. The molecule has 6 heteroatoms. The SMILES string of the molecule is CC1(C(N)=O)CCN(c2ccc(Cl)nn2)C1. The van der Waals surface area contributed by atoms with Crippen LogP contribution in [0, 0.1) is 5.41 Å². The second-order valence-corrected chi connectivity index (χ2v) is 4.70. The summed E-state index contributed by atoms with van der Waals surface area (Å²) >= 11 is 5.66. The highest BCUT2D eigenvalue weighted by Crippen LogP contribution is 2.31. The van der Waals surface area contributed by atoms with Crippen LogP contribution in [0.4, 0.5) is 5.82 Å². The third kappa shape index (κ3) is 1.95. The zero-order valence-electron chi connectivity index (χ0n) is 8.98. The molecule has 0 bridgehead atoms. The highest BCUT2D eigenvalue weighted by atomic mass is 35.5. The second kappa shape index (κ2) is 3.90. The van der Waals surface area contributed by atoms with Gasteiger partial charge in [0.25, 0.3) is 0 Å². The van der Waals surface area contributed by atoms with Crippen molar-refractivity contribution in [2.45, 2.75) is 13.3 Å². The third-order valence-corrected chi connectivity index (χ3v) is 3.21. The van der Waals surface area contributed by atoms with Gasteiger partial charge >= 0.3 is 0 Å². The monoisotopic (exact) mass is 240 g/mol. The maximum absolute atomic E-state index is 11.3. The molecule has 0 aliphatic carbocycles. The molecule has 2 N–H and O–H groups in total. The fraction of sp³-hybridized carbons (Fsp3) is 0.500. The second-order valence-electron chi connectivity index (χ2n) is 4.31. The Hall–Kier alpha value is -1.36. The molecule has 2 heterocycles. The van der Waals surface area contributed by atoms with Crippen molar-refractivity contribution in [2.24, 2.45) is 11.1 Å². The normalized spacial score (nSPS) is 24.8. The Balaban J connectivity index is 2.15. The first kappa shape index (κ1) is 11.1. The van der Waals surface area contributed by atoms with Gasteiger partial charge in [0.2, 0.25) is 5.91 Å². The largest absolute Gasteiger partial charge is 0.369 e. The molecule has 2 rings (SSSR count). The lowest BCUT2D eigenvalue weighted by atomic mass is 9.89. The Labute approximate surface area is 98.6 Å². The molecule has 1 aliphatic rings. The number of nitrogens with zero attached hydrogens (tertiary/aromatic N) is 3. The van der Waals surface area contributed by atoms with E-state index in [2.05, 4.69) is 10.2 Å².